The predicted molar refractivity (Wildman–Crippen MR) is 131 cm³/mol. The normalized spacial score (nSPS) is 22.3. The van der Waals surface area contributed by atoms with Crippen LogP contribution >= 0.6 is 24.0 Å². The van der Waals surface area contributed by atoms with E-state index in [1.165, 1.54) is 25.9 Å². The fourth-order valence-corrected chi connectivity index (χ4v) is 4.84. The first-order chi connectivity index (χ1) is 14.7. The lowest BCUT2D eigenvalue weighted by Crippen LogP contribution is -2.56. The highest BCUT2D eigenvalue weighted by Crippen LogP contribution is 2.31. The van der Waals surface area contributed by atoms with Gasteiger partial charge in [-0.1, -0.05) is 0 Å². The average molecular weight is 545 g/mol. The molecule has 8 nitrogen and oxygen atoms in total. The Labute approximate surface area is 202 Å². The Balaban J connectivity index is 0.00000272. The third-order valence-electron chi connectivity index (χ3n) is 6.66. The molecule has 0 radical (unpaired) electrons. The first-order valence-electron chi connectivity index (χ1n) is 11.4. The van der Waals surface area contributed by atoms with Gasteiger partial charge in [0.15, 0.2) is 11.7 Å². The van der Waals surface area contributed by atoms with Crippen LogP contribution < -0.4 is 5.32 Å². The second-order valence-corrected chi connectivity index (χ2v) is 8.46. The van der Waals surface area contributed by atoms with Crippen LogP contribution in [0.15, 0.2) is 27.8 Å². The maximum Gasteiger partial charge on any atom is 0.289 e. The van der Waals surface area contributed by atoms with Crippen molar-refractivity contribution in [2.45, 2.75) is 38.1 Å². The molecule has 0 saturated carbocycles. The molecule has 4 rings (SSSR count). The Kier molecular flexibility index (Phi) is 9.03. The minimum Gasteiger partial charge on any atom is -0.459 e. The first-order valence-corrected chi connectivity index (χ1v) is 11.4. The summed E-state index contributed by atoms with van der Waals surface area (Å²) in [5, 5.41) is 3.48. The SMILES string of the molecule is CCNC(=NCC1(N2CCCC2)CCOCC1)N1CCN(C(=O)c2ccco2)CC1.I. The number of carbonyl (C=O) groups excluding carboxylic acids is 1. The second-order valence-electron chi connectivity index (χ2n) is 8.46. The van der Waals surface area contributed by atoms with Gasteiger partial charge < -0.3 is 24.3 Å². The standard InChI is InChI=1S/C22H35N5O3.HI/c1-2-23-21(24-18-22(7-16-29-17-8-22)27-9-3-4-10-27)26-13-11-25(12-14-26)20(28)19-6-5-15-30-19;/h5-6,15H,2-4,7-14,16-18H2,1H3,(H,23,24);1H. The highest BCUT2D eigenvalue weighted by atomic mass is 127. The summed E-state index contributed by atoms with van der Waals surface area (Å²) in [4.78, 5) is 24.4. The monoisotopic (exact) mass is 545 g/mol. The molecular weight excluding hydrogens is 509 g/mol. The van der Waals surface area contributed by atoms with Crippen molar-refractivity contribution in [1.29, 1.82) is 0 Å². The van der Waals surface area contributed by atoms with Crippen LogP contribution in [0.2, 0.25) is 0 Å². The average Bonchev–Trinajstić information content (AvgIpc) is 3.52. The molecule has 174 valence electrons. The van der Waals surface area contributed by atoms with E-state index in [1.54, 1.807) is 18.4 Å². The maximum atomic E-state index is 12.5. The second kappa shape index (κ2) is 11.5. The molecule has 0 bridgehead atoms. The summed E-state index contributed by atoms with van der Waals surface area (Å²) in [6, 6.07) is 3.48. The minimum atomic E-state index is -0.0308. The summed E-state index contributed by atoms with van der Waals surface area (Å²) < 4.78 is 10.9. The van der Waals surface area contributed by atoms with Crippen LogP contribution in [0.5, 0.6) is 0 Å². The van der Waals surface area contributed by atoms with Gasteiger partial charge in [-0.15, -0.1) is 24.0 Å². The van der Waals surface area contributed by atoms with Crippen LogP contribution in [0.25, 0.3) is 0 Å². The molecule has 0 atom stereocenters. The smallest absolute Gasteiger partial charge is 0.289 e. The van der Waals surface area contributed by atoms with Crippen LogP contribution in [0.3, 0.4) is 0 Å². The summed E-state index contributed by atoms with van der Waals surface area (Å²) in [5.41, 5.74) is 0.131. The predicted octanol–water partition coefficient (Wildman–Crippen LogP) is 2.27. The molecule has 1 N–H and O–H groups in total. The molecule has 1 aromatic rings. The Morgan fingerprint density at radius 3 is 2.39 bits per heavy atom. The van der Waals surface area contributed by atoms with Gasteiger partial charge in [-0.2, -0.15) is 0 Å². The quantitative estimate of drug-likeness (QED) is 0.348. The third kappa shape index (κ3) is 5.73. The molecule has 0 aliphatic carbocycles. The largest absolute Gasteiger partial charge is 0.459 e. The number of amides is 1. The number of aliphatic imine (C=N–C) groups is 1. The highest BCUT2D eigenvalue weighted by Gasteiger charge is 2.39. The number of carbonyl (C=O) groups is 1. The Bertz CT molecular complexity index is 707. The lowest BCUT2D eigenvalue weighted by molar-refractivity contribution is -0.0140. The van der Waals surface area contributed by atoms with E-state index in [0.717, 1.165) is 58.2 Å². The van der Waals surface area contributed by atoms with Crippen molar-refractivity contribution in [2.75, 3.05) is 65.6 Å². The lowest BCUT2D eigenvalue weighted by atomic mass is 9.88. The van der Waals surface area contributed by atoms with E-state index in [9.17, 15) is 4.79 Å². The first kappa shape index (κ1) is 24.3. The van der Waals surface area contributed by atoms with Crippen molar-refractivity contribution < 1.29 is 13.9 Å². The van der Waals surface area contributed by atoms with Crippen molar-refractivity contribution in [2.24, 2.45) is 4.99 Å². The summed E-state index contributed by atoms with van der Waals surface area (Å²) in [5.74, 6) is 1.35. The molecule has 3 aliphatic heterocycles. The van der Waals surface area contributed by atoms with E-state index >= 15 is 0 Å². The van der Waals surface area contributed by atoms with Gasteiger partial charge in [0.1, 0.15) is 0 Å². The van der Waals surface area contributed by atoms with Gasteiger partial charge in [0, 0.05) is 51.5 Å². The number of ether oxygens (including phenoxy) is 1. The van der Waals surface area contributed by atoms with Crippen LogP contribution in [0, 0.1) is 0 Å². The molecule has 3 aliphatic rings. The number of rotatable bonds is 5. The maximum absolute atomic E-state index is 12.5. The Morgan fingerprint density at radius 2 is 1.77 bits per heavy atom. The molecule has 0 spiro atoms. The summed E-state index contributed by atoms with van der Waals surface area (Å²) in [7, 11) is 0. The van der Waals surface area contributed by atoms with Gasteiger partial charge in [0.05, 0.1) is 12.8 Å². The zero-order valence-corrected chi connectivity index (χ0v) is 20.9. The van der Waals surface area contributed by atoms with Crippen LogP contribution in [0.1, 0.15) is 43.2 Å². The van der Waals surface area contributed by atoms with Gasteiger partial charge in [-0.3, -0.25) is 14.7 Å². The summed E-state index contributed by atoms with van der Waals surface area (Å²) in [6.07, 6.45) is 6.24. The zero-order chi connectivity index (χ0) is 20.8. The van der Waals surface area contributed by atoms with E-state index in [4.69, 9.17) is 14.1 Å². The van der Waals surface area contributed by atoms with Crippen molar-refractivity contribution in [3.05, 3.63) is 24.2 Å². The van der Waals surface area contributed by atoms with Gasteiger partial charge in [0.2, 0.25) is 0 Å². The summed E-state index contributed by atoms with van der Waals surface area (Å²) in [6.45, 7) is 10.7. The van der Waals surface area contributed by atoms with Crippen molar-refractivity contribution in [1.82, 2.24) is 20.0 Å². The minimum absolute atomic E-state index is 0. The number of nitrogens with zero attached hydrogens (tertiary/aromatic N) is 4. The number of nitrogens with one attached hydrogen (secondary N) is 1. The molecular formula is C22H36IN5O3. The number of likely N-dealkylation sites (tertiary alicyclic amines) is 1. The topological polar surface area (TPSA) is 73.6 Å². The molecule has 4 heterocycles. The number of piperazine rings is 1. The number of furan rings is 1. The fraction of sp³-hybridized carbons (Fsp3) is 0.727. The number of halogens is 1. The van der Waals surface area contributed by atoms with Gasteiger partial charge in [0.25, 0.3) is 5.91 Å². The van der Waals surface area contributed by atoms with Crippen molar-refractivity contribution >= 4 is 35.8 Å². The Hall–Kier alpha value is -1.33. The number of hydrogen-bond acceptors (Lipinski definition) is 5. The van der Waals surface area contributed by atoms with Crippen molar-refractivity contribution in [3.63, 3.8) is 0 Å². The molecule has 3 saturated heterocycles. The summed E-state index contributed by atoms with van der Waals surface area (Å²) >= 11 is 0. The van der Waals surface area contributed by atoms with Crippen molar-refractivity contribution in [3.8, 4) is 0 Å². The van der Waals surface area contributed by atoms with Crippen LogP contribution in [-0.2, 0) is 4.74 Å². The molecule has 31 heavy (non-hydrogen) atoms. The molecule has 1 aromatic heterocycles. The molecule has 3 fully saturated rings. The van der Waals surface area contributed by atoms with Crippen LogP contribution in [0.4, 0.5) is 0 Å². The highest BCUT2D eigenvalue weighted by molar-refractivity contribution is 14.0. The zero-order valence-electron chi connectivity index (χ0n) is 18.6. The van der Waals surface area contributed by atoms with E-state index in [0.29, 0.717) is 18.8 Å². The molecule has 0 unspecified atom stereocenters. The molecule has 1 amide bonds. The van der Waals surface area contributed by atoms with E-state index < -0.39 is 0 Å². The molecule has 9 heteroatoms. The lowest BCUT2D eigenvalue weighted by Gasteiger charge is -2.44. The number of hydrogen-bond donors (Lipinski definition) is 1. The number of guanidine groups is 1. The van der Waals surface area contributed by atoms with Crippen LogP contribution in [-0.4, -0.2) is 97.7 Å². The van der Waals surface area contributed by atoms with E-state index in [1.807, 2.05) is 4.90 Å². The fourth-order valence-electron chi connectivity index (χ4n) is 4.84. The van der Waals surface area contributed by atoms with E-state index in [2.05, 4.69) is 22.0 Å². The third-order valence-corrected chi connectivity index (χ3v) is 6.66. The van der Waals surface area contributed by atoms with E-state index in [-0.39, 0.29) is 35.4 Å². The van der Waals surface area contributed by atoms with Gasteiger partial charge >= 0.3 is 0 Å². The molecule has 0 aromatic carbocycles. The van der Waals surface area contributed by atoms with Gasteiger partial charge in [-0.05, 0) is 57.8 Å². The van der Waals surface area contributed by atoms with Gasteiger partial charge in [-0.25, -0.2) is 0 Å². The Morgan fingerprint density at radius 1 is 1.10 bits per heavy atom.